The normalized spacial score (nSPS) is 14.7. The maximum absolute atomic E-state index is 5.11. The van der Waals surface area contributed by atoms with Crippen LogP contribution in [0.2, 0.25) is 0 Å². The van der Waals surface area contributed by atoms with Gasteiger partial charge in [0.2, 0.25) is 0 Å². The molecule has 0 N–H and O–H groups in total. The molecule has 220 valence electrons. The van der Waals surface area contributed by atoms with E-state index < -0.39 is 5.41 Å². The van der Waals surface area contributed by atoms with Gasteiger partial charge in [0, 0.05) is 40.5 Å². The first-order valence-electron chi connectivity index (χ1n) is 15.8. The van der Waals surface area contributed by atoms with E-state index in [0.717, 1.165) is 22.6 Å². The number of fused-ring (bicyclic) bond motifs is 5. The summed E-state index contributed by atoms with van der Waals surface area (Å²) in [5.41, 5.74) is 11.1. The number of rotatable bonds is 4. The molecule has 0 fully saturated rings. The molecule has 0 saturated carbocycles. The van der Waals surface area contributed by atoms with Crippen molar-refractivity contribution in [1.29, 1.82) is 0 Å². The van der Waals surface area contributed by atoms with Gasteiger partial charge in [0.15, 0.2) is 0 Å². The molecule has 3 heterocycles. The van der Waals surface area contributed by atoms with Crippen LogP contribution in [0.3, 0.4) is 0 Å². The van der Waals surface area contributed by atoms with Gasteiger partial charge in [0.25, 0.3) is 0 Å². The molecule has 9 rings (SSSR count). The van der Waals surface area contributed by atoms with Crippen molar-refractivity contribution in [2.45, 2.75) is 24.7 Å². The molecule has 1 aliphatic carbocycles. The van der Waals surface area contributed by atoms with Crippen LogP contribution in [0.1, 0.15) is 47.4 Å². The van der Waals surface area contributed by atoms with Gasteiger partial charge < -0.3 is 4.57 Å². The predicted octanol–water partition coefficient (Wildman–Crippen LogP) is 9.39. The Kier molecular flexibility index (Phi) is 5.72. The van der Waals surface area contributed by atoms with E-state index in [9.17, 15) is 0 Å². The van der Waals surface area contributed by atoms with E-state index in [0.29, 0.717) is 0 Å². The second kappa shape index (κ2) is 9.88. The van der Waals surface area contributed by atoms with Crippen LogP contribution in [0.15, 0.2) is 158 Å². The van der Waals surface area contributed by atoms with Crippen LogP contribution < -0.4 is 0 Å². The van der Waals surface area contributed by atoms with Gasteiger partial charge in [-0.05, 0) is 76.3 Å². The van der Waals surface area contributed by atoms with Gasteiger partial charge in [0.1, 0.15) is 0 Å². The minimum Gasteiger partial charge on any atom is -0.309 e. The molecule has 0 aliphatic heterocycles. The standard InChI is InChI=1S/C42H32N4/c1-41(2)34-16-4-6-18-36(34)42(40-21-9-10-24-43-40,37-19-7-5-17-35(37)41)29-13-11-14-31(27-29)46-38-20-8-3-15-32(38)33-23-22-30(28-39(33)46)45-26-12-25-44-45/h3-28H,1-2H3. The highest BCUT2D eigenvalue weighted by atomic mass is 15.3. The molecule has 1 aliphatic rings. The summed E-state index contributed by atoms with van der Waals surface area (Å²) in [6.45, 7) is 4.69. The van der Waals surface area contributed by atoms with Crippen molar-refractivity contribution in [3.05, 3.63) is 192 Å². The Morgan fingerprint density at radius 1 is 0.522 bits per heavy atom. The molecule has 0 radical (unpaired) electrons. The molecule has 5 aromatic carbocycles. The first kappa shape index (κ1) is 26.6. The van der Waals surface area contributed by atoms with Crippen molar-refractivity contribution < 1.29 is 0 Å². The molecule has 4 heteroatoms. The van der Waals surface area contributed by atoms with Gasteiger partial charge in [-0.25, -0.2) is 4.68 Å². The van der Waals surface area contributed by atoms with Gasteiger partial charge in [-0.3, -0.25) is 4.98 Å². The summed E-state index contributed by atoms with van der Waals surface area (Å²) in [7, 11) is 0. The summed E-state index contributed by atoms with van der Waals surface area (Å²) in [6, 6.07) is 50.6. The summed E-state index contributed by atoms with van der Waals surface area (Å²) in [5.74, 6) is 0. The molecule has 46 heavy (non-hydrogen) atoms. The molecule has 0 saturated heterocycles. The van der Waals surface area contributed by atoms with Crippen LogP contribution in [0, 0.1) is 0 Å². The van der Waals surface area contributed by atoms with E-state index in [2.05, 4.69) is 151 Å². The average molecular weight is 593 g/mol. The van der Waals surface area contributed by atoms with Crippen LogP contribution >= 0.6 is 0 Å². The molecule has 0 bridgehead atoms. The molecule has 0 unspecified atom stereocenters. The molecule has 0 amide bonds. The van der Waals surface area contributed by atoms with Crippen LogP contribution in [-0.2, 0) is 10.8 Å². The number of para-hydroxylation sites is 1. The Hall–Kier alpha value is -5.74. The fourth-order valence-corrected chi connectivity index (χ4v) is 8.00. The summed E-state index contributed by atoms with van der Waals surface area (Å²) >= 11 is 0. The van der Waals surface area contributed by atoms with Gasteiger partial charge in [-0.2, -0.15) is 5.10 Å². The molecule has 3 aromatic heterocycles. The number of hydrogen-bond acceptors (Lipinski definition) is 2. The third-order valence-corrected chi connectivity index (χ3v) is 10.0. The van der Waals surface area contributed by atoms with Crippen molar-refractivity contribution >= 4 is 21.8 Å². The van der Waals surface area contributed by atoms with Crippen LogP contribution in [0.25, 0.3) is 33.2 Å². The maximum atomic E-state index is 5.11. The van der Waals surface area contributed by atoms with Gasteiger partial charge in [0.05, 0.1) is 27.8 Å². The topological polar surface area (TPSA) is 35.6 Å². The smallest absolute Gasteiger partial charge is 0.0880 e. The molecular weight excluding hydrogens is 560 g/mol. The SMILES string of the molecule is CC1(C)c2ccccc2C(c2cccc(-n3c4ccccc4c4ccc(-n5cccn5)cc43)c2)(c2ccccn2)c2ccccc21. The fraction of sp³-hybridized carbons (Fsp3) is 0.0952. The number of nitrogens with zero attached hydrogens (tertiary/aromatic N) is 4. The monoisotopic (exact) mass is 592 g/mol. The highest BCUT2D eigenvalue weighted by Crippen LogP contribution is 2.55. The van der Waals surface area contributed by atoms with Crippen LogP contribution in [0.4, 0.5) is 0 Å². The summed E-state index contributed by atoms with van der Waals surface area (Å²) < 4.78 is 4.32. The van der Waals surface area contributed by atoms with Crippen molar-refractivity contribution in [3.8, 4) is 11.4 Å². The lowest BCUT2D eigenvalue weighted by Gasteiger charge is -2.47. The van der Waals surface area contributed by atoms with E-state index in [1.165, 1.54) is 44.1 Å². The third kappa shape index (κ3) is 3.61. The van der Waals surface area contributed by atoms with Gasteiger partial charge in [-0.1, -0.05) is 105 Å². The van der Waals surface area contributed by atoms with Crippen molar-refractivity contribution in [2.75, 3.05) is 0 Å². The van der Waals surface area contributed by atoms with Crippen molar-refractivity contribution in [2.24, 2.45) is 0 Å². The highest BCUT2D eigenvalue weighted by molar-refractivity contribution is 6.09. The molecule has 8 aromatic rings. The Bertz CT molecular complexity index is 2350. The van der Waals surface area contributed by atoms with E-state index in [4.69, 9.17) is 4.98 Å². The molecule has 4 nitrogen and oxygen atoms in total. The number of pyridine rings is 1. The Morgan fingerprint density at radius 3 is 1.93 bits per heavy atom. The van der Waals surface area contributed by atoms with E-state index in [-0.39, 0.29) is 5.41 Å². The highest BCUT2D eigenvalue weighted by Gasteiger charge is 2.49. The lowest BCUT2D eigenvalue weighted by atomic mass is 9.55. The zero-order chi connectivity index (χ0) is 30.9. The largest absolute Gasteiger partial charge is 0.309 e. The van der Waals surface area contributed by atoms with Gasteiger partial charge in [-0.15, -0.1) is 0 Å². The first-order valence-corrected chi connectivity index (χ1v) is 15.8. The predicted molar refractivity (Wildman–Crippen MR) is 186 cm³/mol. The number of aromatic nitrogens is 4. The minimum atomic E-state index is -0.612. The molecule has 0 atom stereocenters. The Labute approximate surface area is 268 Å². The van der Waals surface area contributed by atoms with Crippen molar-refractivity contribution in [3.63, 3.8) is 0 Å². The minimum absolute atomic E-state index is 0.168. The zero-order valence-electron chi connectivity index (χ0n) is 25.8. The van der Waals surface area contributed by atoms with Crippen LogP contribution in [0.5, 0.6) is 0 Å². The number of benzene rings is 5. The quantitative estimate of drug-likeness (QED) is 0.204. The van der Waals surface area contributed by atoms with Crippen LogP contribution in [-0.4, -0.2) is 19.3 Å². The van der Waals surface area contributed by atoms with E-state index in [1.807, 2.05) is 35.4 Å². The molecular formula is C42H32N4. The second-order valence-electron chi connectivity index (χ2n) is 12.7. The summed E-state index contributed by atoms with van der Waals surface area (Å²) in [4.78, 5) is 5.11. The zero-order valence-corrected chi connectivity index (χ0v) is 25.8. The fourth-order valence-electron chi connectivity index (χ4n) is 8.00. The lowest BCUT2D eigenvalue weighted by molar-refractivity contribution is 0.552. The lowest BCUT2D eigenvalue weighted by Crippen LogP contribution is -2.42. The second-order valence-corrected chi connectivity index (χ2v) is 12.7. The van der Waals surface area contributed by atoms with Crippen molar-refractivity contribution in [1.82, 2.24) is 19.3 Å². The molecule has 0 spiro atoms. The Balaban J connectivity index is 1.38. The summed E-state index contributed by atoms with van der Waals surface area (Å²) in [6.07, 6.45) is 5.74. The number of hydrogen-bond donors (Lipinski definition) is 0. The third-order valence-electron chi connectivity index (χ3n) is 10.0. The summed E-state index contributed by atoms with van der Waals surface area (Å²) in [5, 5.41) is 6.96. The van der Waals surface area contributed by atoms with E-state index >= 15 is 0 Å². The van der Waals surface area contributed by atoms with Gasteiger partial charge >= 0.3 is 0 Å². The first-order chi connectivity index (χ1) is 22.6. The van der Waals surface area contributed by atoms with E-state index in [1.54, 1.807) is 0 Å². The average Bonchev–Trinajstić information content (AvgIpc) is 3.76. The maximum Gasteiger partial charge on any atom is 0.0880 e. The Morgan fingerprint density at radius 2 is 1.22 bits per heavy atom.